The van der Waals surface area contributed by atoms with Gasteiger partial charge in [-0.25, -0.2) is 0 Å². The van der Waals surface area contributed by atoms with Gasteiger partial charge in [0, 0.05) is 30.7 Å². The van der Waals surface area contributed by atoms with E-state index < -0.39 is 5.92 Å². The predicted octanol–water partition coefficient (Wildman–Crippen LogP) is 2.63. The Morgan fingerprint density at radius 2 is 2.08 bits per heavy atom. The number of para-hydroxylation sites is 1. The summed E-state index contributed by atoms with van der Waals surface area (Å²) in [5.41, 5.74) is 6.86. The van der Waals surface area contributed by atoms with Gasteiger partial charge in [0.1, 0.15) is 5.92 Å². The molecule has 1 aromatic rings. The Balaban J connectivity index is 1.99. The van der Waals surface area contributed by atoms with Gasteiger partial charge in [-0.1, -0.05) is 26.0 Å². The number of carbonyl (C=O) groups excluding carboxylic acids is 2. The summed E-state index contributed by atoms with van der Waals surface area (Å²) in [6.07, 6.45) is 1.30. The summed E-state index contributed by atoms with van der Waals surface area (Å²) in [6, 6.07) is 7.65. The van der Waals surface area contributed by atoms with Crippen LogP contribution >= 0.6 is 15.9 Å². The Hall–Kier alpha value is -1.40. The molecule has 5 nitrogen and oxygen atoms in total. The smallest absolute Gasteiger partial charge is 0.239 e. The van der Waals surface area contributed by atoms with E-state index in [4.69, 9.17) is 5.73 Å². The van der Waals surface area contributed by atoms with Gasteiger partial charge in [-0.2, -0.15) is 0 Å². The number of anilines is 1. The fourth-order valence-electron chi connectivity index (χ4n) is 2.87. The highest BCUT2D eigenvalue weighted by Crippen LogP contribution is 2.31. The molecule has 2 rings (SSSR count). The van der Waals surface area contributed by atoms with Gasteiger partial charge in [0.05, 0.1) is 5.69 Å². The summed E-state index contributed by atoms with van der Waals surface area (Å²) >= 11 is 3.47. The summed E-state index contributed by atoms with van der Waals surface area (Å²) in [5, 5.41) is 0. The minimum Gasteiger partial charge on any atom is -0.345 e. The van der Waals surface area contributed by atoms with Crippen LogP contribution in [0.1, 0.15) is 26.7 Å². The molecule has 0 bridgehead atoms. The zero-order valence-electron chi connectivity index (χ0n) is 14.5. The molecule has 0 radical (unpaired) electrons. The Kier molecular flexibility index (Phi) is 6.40. The van der Waals surface area contributed by atoms with Gasteiger partial charge >= 0.3 is 0 Å². The van der Waals surface area contributed by atoms with Crippen LogP contribution in [0.4, 0.5) is 5.69 Å². The van der Waals surface area contributed by atoms with E-state index >= 15 is 0 Å². The Labute approximate surface area is 152 Å². The molecule has 24 heavy (non-hydrogen) atoms. The van der Waals surface area contributed by atoms with Crippen molar-refractivity contribution in [2.75, 3.05) is 25.0 Å². The molecular formula is C18H26BrN3O2. The van der Waals surface area contributed by atoms with Gasteiger partial charge in [0.2, 0.25) is 11.8 Å². The highest BCUT2D eigenvalue weighted by atomic mass is 79.9. The first-order valence-corrected chi connectivity index (χ1v) is 9.18. The van der Waals surface area contributed by atoms with Crippen LogP contribution in [0.15, 0.2) is 28.7 Å². The summed E-state index contributed by atoms with van der Waals surface area (Å²) in [4.78, 5) is 28.7. The third kappa shape index (κ3) is 4.16. The van der Waals surface area contributed by atoms with Gasteiger partial charge in [-0.3, -0.25) is 9.59 Å². The number of halogens is 1. The van der Waals surface area contributed by atoms with Crippen LogP contribution in [0.25, 0.3) is 0 Å². The molecule has 0 aliphatic carbocycles. The second-order valence-electron chi connectivity index (χ2n) is 6.74. The molecule has 1 saturated heterocycles. The number of hydrogen-bond acceptors (Lipinski definition) is 3. The average Bonchev–Trinajstić information content (AvgIpc) is 2.93. The number of amides is 2. The van der Waals surface area contributed by atoms with Crippen molar-refractivity contribution in [3.05, 3.63) is 28.7 Å². The second-order valence-corrected chi connectivity index (χ2v) is 7.59. The molecule has 0 aromatic heterocycles. The largest absolute Gasteiger partial charge is 0.345 e. The molecule has 2 N–H and O–H groups in total. The van der Waals surface area contributed by atoms with Crippen molar-refractivity contribution in [1.29, 1.82) is 0 Å². The molecule has 0 saturated carbocycles. The van der Waals surface area contributed by atoms with Crippen molar-refractivity contribution in [2.24, 2.45) is 17.6 Å². The molecule has 0 spiro atoms. The van der Waals surface area contributed by atoms with Gasteiger partial charge in [-0.15, -0.1) is 0 Å². The Bertz CT molecular complexity index is 606. The number of nitrogens with zero attached hydrogens (tertiary/aromatic N) is 2. The number of nitrogens with two attached hydrogens (primary N) is 1. The molecule has 2 unspecified atom stereocenters. The average molecular weight is 396 g/mol. The maximum atomic E-state index is 12.7. The summed E-state index contributed by atoms with van der Waals surface area (Å²) < 4.78 is 0.864. The summed E-state index contributed by atoms with van der Waals surface area (Å²) in [5.74, 6) is -0.428. The summed E-state index contributed by atoms with van der Waals surface area (Å²) in [7, 11) is 1.75. The maximum absolute atomic E-state index is 12.7. The molecular weight excluding hydrogens is 370 g/mol. The first kappa shape index (κ1) is 18.9. The molecule has 2 amide bonds. The molecule has 6 heteroatoms. The molecule has 1 fully saturated rings. The quantitative estimate of drug-likeness (QED) is 0.752. The van der Waals surface area contributed by atoms with E-state index in [0.717, 1.165) is 16.6 Å². The van der Waals surface area contributed by atoms with Gasteiger partial charge in [0.25, 0.3) is 0 Å². The maximum Gasteiger partial charge on any atom is 0.239 e. The third-order valence-electron chi connectivity index (χ3n) is 4.68. The standard InChI is InChI=1S/C18H26BrN3O2/c1-12(2)15(20)9-10-21(3)17(23)13-8-11-22(18(13)24)16-7-5-4-6-14(16)19/h4-7,12-13,15H,8-11,20H2,1-3H3. The topological polar surface area (TPSA) is 66.6 Å². The predicted molar refractivity (Wildman–Crippen MR) is 99.7 cm³/mol. The van der Waals surface area contributed by atoms with Crippen LogP contribution < -0.4 is 10.6 Å². The monoisotopic (exact) mass is 395 g/mol. The minimum absolute atomic E-state index is 0.0660. The zero-order chi connectivity index (χ0) is 17.9. The van der Waals surface area contributed by atoms with Gasteiger partial charge in [-0.05, 0) is 46.8 Å². The van der Waals surface area contributed by atoms with Crippen LogP contribution in [-0.4, -0.2) is 42.9 Å². The van der Waals surface area contributed by atoms with E-state index in [1.807, 2.05) is 24.3 Å². The molecule has 1 heterocycles. The first-order chi connectivity index (χ1) is 11.3. The molecule has 1 aromatic carbocycles. The lowest BCUT2D eigenvalue weighted by Gasteiger charge is -2.24. The lowest BCUT2D eigenvalue weighted by atomic mass is 10.0. The highest BCUT2D eigenvalue weighted by molar-refractivity contribution is 9.10. The Morgan fingerprint density at radius 1 is 1.42 bits per heavy atom. The second kappa shape index (κ2) is 8.12. The number of carbonyl (C=O) groups is 2. The van der Waals surface area contributed by atoms with Crippen molar-refractivity contribution in [3.8, 4) is 0 Å². The first-order valence-electron chi connectivity index (χ1n) is 8.39. The minimum atomic E-state index is -0.586. The SMILES string of the molecule is CC(C)C(N)CCN(C)C(=O)C1CCN(c2ccccc2Br)C1=O. The number of rotatable bonds is 6. The van der Waals surface area contributed by atoms with E-state index in [1.165, 1.54) is 0 Å². The van der Waals surface area contributed by atoms with E-state index in [1.54, 1.807) is 16.8 Å². The molecule has 2 atom stereocenters. The zero-order valence-corrected chi connectivity index (χ0v) is 16.1. The van der Waals surface area contributed by atoms with Gasteiger partial charge < -0.3 is 15.5 Å². The Morgan fingerprint density at radius 3 is 2.71 bits per heavy atom. The number of hydrogen-bond donors (Lipinski definition) is 1. The van der Waals surface area contributed by atoms with Crippen LogP contribution in [-0.2, 0) is 9.59 Å². The van der Waals surface area contributed by atoms with Crippen molar-refractivity contribution < 1.29 is 9.59 Å². The normalized spacial score (nSPS) is 19.0. The molecule has 1 aliphatic heterocycles. The van der Waals surface area contributed by atoms with Crippen LogP contribution in [0.2, 0.25) is 0 Å². The van der Waals surface area contributed by atoms with Crippen LogP contribution in [0, 0.1) is 11.8 Å². The van der Waals surface area contributed by atoms with Crippen molar-refractivity contribution in [3.63, 3.8) is 0 Å². The van der Waals surface area contributed by atoms with Crippen LogP contribution in [0.5, 0.6) is 0 Å². The van der Waals surface area contributed by atoms with Crippen LogP contribution in [0.3, 0.4) is 0 Å². The van der Waals surface area contributed by atoms with Crippen molar-refractivity contribution >= 4 is 33.4 Å². The summed E-state index contributed by atoms with van der Waals surface area (Å²) in [6.45, 7) is 5.29. The molecule has 132 valence electrons. The van der Waals surface area contributed by atoms with E-state index in [-0.39, 0.29) is 17.9 Å². The van der Waals surface area contributed by atoms with E-state index in [9.17, 15) is 9.59 Å². The van der Waals surface area contributed by atoms with Crippen molar-refractivity contribution in [2.45, 2.75) is 32.7 Å². The molecule has 1 aliphatic rings. The van der Waals surface area contributed by atoms with E-state index in [0.29, 0.717) is 25.4 Å². The number of benzene rings is 1. The lowest BCUT2D eigenvalue weighted by Crippen LogP contribution is -2.40. The third-order valence-corrected chi connectivity index (χ3v) is 5.35. The van der Waals surface area contributed by atoms with E-state index in [2.05, 4.69) is 29.8 Å². The highest BCUT2D eigenvalue weighted by Gasteiger charge is 2.39. The van der Waals surface area contributed by atoms with Crippen molar-refractivity contribution in [1.82, 2.24) is 4.90 Å². The fraction of sp³-hybridized carbons (Fsp3) is 0.556. The van der Waals surface area contributed by atoms with Gasteiger partial charge in [0.15, 0.2) is 0 Å². The lowest BCUT2D eigenvalue weighted by molar-refractivity contribution is -0.138. The fourth-order valence-corrected chi connectivity index (χ4v) is 3.37.